The van der Waals surface area contributed by atoms with Gasteiger partial charge in [0, 0.05) is 5.56 Å². The SMILES string of the molecule is CCCCCC1CCC(CCc2ccc(-c3ccc(OCC)c(F)c3)nn2)CC1. The summed E-state index contributed by atoms with van der Waals surface area (Å²) < 4.78 is 19.3. The molecule has 4 heteroatoms. The van der Waals surface area contributed by atoms with Crippen LogP contribution in [0.2, 0.25) is 0 Å². The maximum absolute atomic E-state index is 14.1. The topological polar surface area (TPSA) is 35.0 Å². The number of ether oxygens (including phenoxy) is 1. The fourth-order valence-electron chi connectivity index (χ4n) is 4.42. The predicted octanol–water partition coefficient (Wildman–Crippen LogP) is 7.00. The molecule has 0 aliphatic heterocycles. The van der Waals surface area contributed by atoms with E-state index in [-0.39, 0.29) is 11.6 Å². The Bertz CT molecular complexity index is 739. The van der Waals surface area contributed by atoms with E-state index >= 15 is 0 Å². The first kappa shape index (κ1) is 21.7. The van der Waals surface area contributed by atoms with Gasteiger partial charge in [-0.05, 0) is 61.9 Å². The Kier molecular flexibility index (Phi) is 8.45. The summed E-state index contributed by atoms with van der Waals surface area (Å²) in [5.41, 5.74) is 2.46. The lowest BCUT2D eigenvalue weighted by atomic mass is 9.78. The van der Waals surface area contributed by atoms with Gasteiger partial charge in [-0.25, -0.2) is 4.39 Å². The molecular weight excluding hydrogens is 363 g/mol. The Morgan fingerprint density at radius 1 is 0.931 bits per heavy atom. The third-order valence-electron chi connectivity index (χ3n) is 6.24. The molecule has 3 nitrogen and oxygen atoms in total. The largest absolute Gasteiger partial charge is 0.491 e. The molecule has 1 heterocycles. The van der Waals surface area contributed by atoms with Gasteiger partial charge < -0.3 is 4.74 Å². The Morgan fingerprint density at radius 2 is 1.69 bits per heavy atom. The fourth-order valence-corrected chi connectivity index (χ4v) is 4.42. The van der Waals surface area contributed by atoms with Gasteiger partial charge in [0.2, 0.25) is 0 Å². The van der Waals surface area contributed by atoms with Crippen molar-refractivity contribution in [3.63, 3.8) is 0 Å². The van der Waals surface area contributed by atoms with Crippen molar-refractivity contribution in [3.8, 4) is 17.0 Å². The minimum absolute atomic E-state index is 0.279. The van der Waals surface area contributed by atoms with Gasteiger partial charge in [0.05, 0.1) is 18.0 Å². The lowest BCUT2D eigenvalue weighted by Gasteiger charge is -2.28. The highest BCUT2D eigenvalue weighted by Gasteiger charge is 2.20. The average molecular weight is 399 g/mol. The van der Waals surface area contributed by atoms with Crippen LogP contribution in [0.3, 0.4) is 0 Å². The van der Waals surface area contributed by atoms with Crippen molar-refractivity contribution in [3.05, 3.63) is 41.8 Å². The molecule has 0 unspecified atom stereocenters. The van der Waals surface area contributed by atoms with Gasteiger partial charge in [0.15, 0.2) is 11.6 Å². The lowest BCUT2D eigenvalue weighted by Crippen LogP contribution is -2.15. The number of benzene rings is 1. The highest BCUT2D eigenvalue weighted by atomic mass is 19.1. The van der Waals surface area contributed by atoms with Crippen LogP contribution in [0.4, 0.5) is 4.39 Å². The maximum atomic E-state index is 14.1. The number of hydrogen-bond acceptors (Lipinski definition) is 3. The van der Waals surface area contributed by atoms with Crippen molar-refractivity contribution in [1.29, 1.82) is 0 Å². The summed E-state index contributed by atoms with van der Waals surface area (Å²) in [6, 6.07) is 8.93. The monoisotopic (exact) mass is 398 g/mol. The van der Waals surface area contributed by atoms with E-state index in [1.54, 1.807) is 6.07 Å². The number of aromatic nitrogens is 2. The molecule has 158 valence electrons. The molecule has 1 aliphatic carbocycles. The summed E-state index contributed by atoms with van der Waals surface area (Å²) in [6.07, 6.45) is 13.3. The summed E-state index contributed by atoms with van der Waals surface area (Å²) in [7, 11) is 0. The summed E-state index contributed by atoms with van der Waals surface area (Å²) in [4.78, 5) is 0. The van der Waals surface area contributed by atoms with Gasteiger partial charge in [-0.2, -0.15) is 10.2 Å². The van der Waals surface area contributed by atoms with Crippen LogP contribution in [-0.2, 0) is 6.42 Å². The van der Waals surface area contributed by atoms with Crippen molar-refractivity contribution >= 4 is 0 Å². The summed E-state index contributed by atoms with van der Waals surface area (Å²) in [5, 5.41) is 8.71. The van der Waals surface area contributed by atoms with Gasteiger partial charge in [-0.1, -0.05) is 58.3 Å². The number of halogens is 1. The normalized spacial score (nSPS) is 19.3. The standard InChI is InChI=1S/C25H35FN2O/c1-3-5-6-7-19-8-10-20(11-9-19)12-14-22-15-16-24(28-27-22)21-13-17-25(29-4-2)23(26)18-21/h13,15-20H,3-12,14H2,1-2H3. The van der Waals surface area contributed by atoms with Gasteiger partial charge in [0.25, 0.3) is 0 Å². The van der Waals surface area contributed by atoms with E-state index in [1.807, 2.05) is 25.1 Å². The van der Waals surface area contributed by atoms with Crippen LogP contribution < -0.4 is 4.74 Å². The zero-order valence-corrected chi connectivity index (χ0v) is 18.0. The maximum Gasteiger partial charge on any atom is 0.165 e. The average Bonchev–Trinajstić information content (AvgIpc) is 2.75. The summed E-state index contributed by atoms with van der Waals surface area (Å²) >= 11 is 0. The molecule has 1 aromatic carbocycles. The Morgan fingerprint density at radius 3 is 2.31 bits per heavy atom. The number of unbranched alkanes of at least 4 members (excludes halogenated alkanes) is 2. The number of nitrogens with zero attached hydrogens (tertiary/aromatic N) is 2. The summed E-state index contributed by atoms with van der Waals surface area (Å²) in [6.45, 7) is 4.57. The van der Waals surface area contributed by atoms with Gasteiger partial charge in [-0.3, -0.25) is 0 Å². The van der Waals surface area contributed by atoms with Crippen molar-refractivity contribution < 1.29 is 9.13 Å². The first-order valence-electron chi connectivity index (χ1n) is 11.4. The van der Waals surface area contributed by atoms with E-state index < -0.39 is 0 Å². The van der Waals surface area contributed by atoms with E-state index in [1.165, 1.54) is 63.9 Å². The van der Waals surface area contributed by atoms with Crippen molar-refractivity contribution in [2.45, 2.75) is 78.1 Å². The molecule has 0 bridgehead atoms. The van der Waals surface area contributed by atoms with Crippen LogP contribution >= 0.6 is 0 Å². The Balaban J connectivity index is 1.46. The number of rotatable bonds is 10. The molecule has 0 N–H and O–H groups in total. The molecule has 29 heavy (non-hydrogen) atoms. The van der Waals surface area contributed by atoms with E-state index in [0.29, 0.717) is 12.3 Å². The summed E-state index contributed by atoms with van der Waals surface area (Å²) in [5.74, 6) is 1.71. The quantitative estimate of drug-likeness (QED) is 0.404. The van der Waals surface area contributed by atoms with Crippen LogP contribution in [0.15, 0.2) is 30.3 Å². The number of aryl methyl sites for hydroxylation is 1. The van der Waals surface area contributed by atoms with Crippen LogP contribution in [0, 0.1) is 17.7 Å². The van der Waals surface area contributed by atoms with Crippen LogP contribution in [0.5, 0.6) is 5.75 Å². The van der Waals surface area contributed by atoms with E-state index in [0.717, 1.165) is 29.5 Å². The van der Waals surface area contributed by atoms with Crippen LogP contribution in [-0.4, -0.2) is 16.8 Å². The van der Waals surface area contributed by atoms with Gasteiger partial charge >= 0.3 is 0 Å². The molecule has 0 amide bonds. The van der Waals surface area contributed by atoms with Crippen molar-refractivity contribution in [2.75, 3.05) is 6.61 Å². The third kappa shape index (κ3) is 6.52. The molecule has 1 aliphatic rings. The molecule has 2 aromatic rings. The Hall–Kier alpha value is -1.97. The second-order valence-electron chi connectivity index (χ2n) is 8.41. The van der Waals surface area contributed by atoms with Gasteiger partial charge in [0.1, 0.15) is 0 Å². The number of hydrogen-bond donors (Lipinski definition) is 0. The predicted molar refractivity (Wildman–Crippen MR) is 117 cm³/mol. The Labute approximate surface area is 175 Å². The molecule has 0 spiro atoms. The van der Waals surface area contributed by atoms with E-state index in [4.69, 9.17) is 4.74 Å². The smallest absolute Gasteiger partial charge is 0.165 e. The highest BCUT2D eigenvalue weighted by molar-refractivity contribution is 5.59. The minimum Gasteiger partial charge on any atom is -0.491 e. The zero-order valence-electron chi connectivity index (χ0n) is 18.0. The molecular formula is C25H35FN2O. The lowest BCUT2D eigenvalue weighted by molar-refractivity contribution is 0.248. The molecule has 0 radical (unpaired) electrons. The van der Waals surface area contributed by atoms with Gasteiger partial charge in [-0.15, -0.1) is 0 Å². The van der Waals surface area contributed by atoms with E-state index in [9.17, 15) is 4.39 Å². The zero-order chi connectivity index (χ0) is 20.5. The molecule has 1 fully saturated rings. The molecule has 3 rings (SSSR count). The highest BCUT2D eigenvalue weighted by Crippen LogP contribution is 2.34. The van der Waals surface area contributed by atoms with Crippen molar-refractivity contribution in [1.82, 2.24) is 10.2 Å². The third-order valence-corrected chi connectivity index (χ3v) is 6.24. The molecule has 1 saturated carbocycles. The first-order valence-corrected chi connectivity index (χ1v) is 11.4. The second kappa shape index (κ2) is 11.3. The van der Waals surface area contributed by atoms with Crippen LogP contribution in [0.1, 0.15) is 77.3 Å². The molecule has 0 saturated heterocycles. The first-order chi connectivity index (χ1) is 14.2. The van der Waals surface area contributed by atoms with Crippen LogP contribution in [0.25, 0.3) is 11.3 Å². The van der Waals surface area contributed by atoms with Crippen molar-refractivity contribution in [2.24, 2.45) is 11.8 Å². The van der Waals surface area contributed by atoms with E-state index in [2.05, 4.69) is 17.1 Å². The molecule has 1 aromatic heterocycles. The fraction of sp³-hybridized carbons (Fsp3) is 0.600. The minimum atomic E-state index is -0.361. The second-order valence-corrected chi connectivity index (χ2v) is 8.41. The molecule has 0 atom stereocenters.